The molecular weight excluding hydrogens is 192 g/mol. The zero-order chi connectivity index (χ0) is 10.8. The van der Waals surface area contributed by atoms with E-state index in [1.54, 1.807) is 7.11 Å². The number of rotatable bonds is 2. The molecule has 3 N–H and O–H groups in total. The van der Waals surface area contributed by atoms with Gasteiger partial charge in [-0.2, -0.15) is 4.98 Å². The normalized spacial score (nSPS) is 10.3. The number of nitrogen functional groups attached to an aromatic ring is 1. The number of nitrogens with one attached hydrogen (secondary N) is 1. The van der Waals surface area contributed by atoms with Gasteiger partial charge in [-0.25, -0.2) is 0 Å². The lowest BCUT2D eigenvalue weighted by Gasteiger charge is -2.05. The minimum atomic E-state index is 0.249. The minimum absolute atomic E-state index is 0.249. The van der Waals surface area contributed by atoms with Crippen molar-refractivity contribution in [3.63, 3.8) is 0 Å². The van der Waals surface area contributed by atoms with E-state index < -0.39 is 0 Å². The van der Waals surface area contributed by atoms with Crippen molar-refractivity contribution in [2.24, 2.45) is 0 Å². The molecule has 0 aliphatic rings. The summed E-state index contributed by atoms with van der Waals surface area (Å²) in [5.74, 6) is 1.77. The second-order valence-electron chi connectivity index (χ2n) is 3.23. The maximum absolute atomic E-state index is 5.43. The monoisotopic (exact) mass is 204 g/mol. The highest BCUT2D eigenvalue weighted by molar-refractivity contribution is 5.59. The van der Waals surface area contributed by atoms with Crippen molar-refractivity contribution in [1.82, 2.24) is 15.2 Å². The van der Waals surface area contributed by atoms with Gasteiger partial charge in [0.1, 0.15) is 5.75 Å². The van der Waals surface area contributed by atoms with Gasteiger partial charge in [0.2, 0.25) is 5.95 Å². The number of H-pyrrole nitrogens is 1. The molecular formula is C10H12N4O. The summed E-state index contributed by atoms with van der Waals surface area (Å²) in [6.07, 6.45) is 0. The van der Waals surface area contributed by atoms with Crippen LogP contribution < -0.4 is 10.5 Å². The molecule has 2 aromatic rings. The van der Waals surface area contributed by atoms with Crippen LogP contribution in [0.25, 0.3) is 11.4 Å². The third-order valence-electron chi connectivity index (χ3n) is 2.17. The van der Waals surface area contributed by atoms with Crippen molar-refractivity contribution in [3.05, 3.63) is 23.8 Å². The number of hydrogen-bond acceptors (Lipinski definition) is 4. The number of nitrogens with two attached hydrogens (primary N) is 1. The van der Waals surface area contributed by atoms with E-state index in [2.05, 4.69) is 15.2 Å². The first-order chi connectivity index (χ1) is 7.20. The Kier molecular flexibility index (Phi) is 2.29. The standard InChI is InChI=1S/C10H12N4O/c1-6-5-7(3-4-8(6)15-2)9-12-10(11)14-13-9/h3-5H,1-2H3,(H3,11,12,13,14). The lowest BCUT2D eigenvalue weighted by atomic mass is 10.1. The molecule has 15 heavy (non-hydrogen) atoms. The molecule has 0 radical (unpaired) electrons. The summed E-state index contributed by atoms with van der Waals surface area (Å²) in [7, 11) is 1.65. The van der Waals surface area contributed by atoms with Crippen LogP contribution in [0.2, 0.25) is 0 Å². The first kappa shape index (κ1) is 9.51. The largest absolute Gasteiger partial charge is 0.496 e. The Morgan fingerprint density at radius 1 is 1.40 bits per heavy atom. The Morgan fingerprint density at radius 3 is 2.73 bits per heavy atom. The predicted octanol–water partition coefficient (Wildman–Crippen LogP) is 1.37. The molecule has 2 rings (SSSR count). The van der Waals surface area contributed by atoms with E-state index in [4.69, 9.17) is 10.5 Å². The molecule has 0 fully saturated rings. The fourth-order valence-corrected chi connectivity index (χ4v) is 1.43. The zero-order valence-corrected chi connectivity index (χ0v) is 8.61. The summed E-state index contributed by atoms with van der Waals surface area (Å²) in [6.45, 7) is 1.97. The number of hydrogen-bond donors (Lipinski definition) is 2. The number of nitrogens with zero attached hydrogens (tertiary/aromatic N) is 2. The minimum Gasteiger partial charge on any atom is -0.496 e. The molecule has 0 atom stereocenters. The SMILES string of the molecule is COc1ccc(-c2nc(N)n[nH]2)cc1C. The van der Waals surface area contributed by atoms with Crippen molar-refractivity contribution in [2.75, 3.05) is 12.8 Å². The Hall–Kier alpha value is -2.04. The van der Waals surface area contributed by atoms with Gasteiger partial charge in [0.25, 0.3) is 0 Å². The van der Waals surface area contributed by atoms with Gasteiger partial charge in [-0.1, -0.05) is 0 Å². The molecule has 5 heteroatoms. The van der Waals surface area contributed by atoms with Crippen LogP contribution in [-0.2, 0) is 0 Å². The number of aromatic nitrogens is 3. The number of anilines is 1. The van der Waals surface area contributed by atoms with E-state index in [1.807, 2.05) is 25.1 Å². The second-order valence-corrected chi connectivity index (χ2v) is 3.23. The summed E-state index contributed by atoms with van der Waals surface area (Å²) in [5.41, 5.74) is 7.42. The molecule has 0 spiro atoms. The Labute approximate surface area is 87.3 Å². The molecule has 5 nitrogen and oxygen atoms in total. The summed E-state index contributed by atoms with van der Waals surface area (Å²) < 4.78 is 5.17. The molecule has 0 saturated heterocycles. The smallest absolute Gasteiger partial charge is 0.239 e. The molecule has 0 saturated carbocycles. The number of aryl methyl sites for hydroxylation is 1. The van der Waals surface area contributed by atoms with Crippen LogP contribution in [0.1, 0.15) is 5.56 Å². The maximum Gasteiger partial charge on any atom is 0.239 e. The van der Waals surface area contributed by atoms with E-state index in [1.165, 1.54) is 0 Å². The van der Waals surface area contributed by atoms with Gasteiger partial charge < -0.3 is 10.5 Å². The zero-order valence-electron chi connectivity index (χ0n) is 8.61. The Morgan fingerprint density at radius 2 is 2.20 bits per heavy atom. The van der Waals surface area contributed by atoms with Crippen molar-refractivity contribution in [1.29, 1.82) is 0 Å². The van der Waals surface area contributed by atoms with Crippen LogP contribution in [-0.4, -0.2) is 22.3 Å². The molecule has 1 aromatic heterocycles. The third kappa shape index (κ3) is 1.76. The van der Waals surface area contributed by atoms with Gasteiger partial charge >= 0.3 is 0 Å². The van der Waals surface area contributed by atoms with Crippen LogP contribution in [0.15, 0.2) is 18.2 Å². The van der Waals surface area contributed by atoms with Crippen molar-refractivity contribution < 1.29 is 4.74 Å². The van der Waals surface area contributed by atoms with Gasteiger partial charge in [0.05, 0.1) is 7.11 Å². The second kappa shape index (κ2) is 3.61. The maximum atomic E-state index is 5.43. The summed E-state index contributed by atoms with van der Waals surface area (Å²) >= 11 is 0. The van der Waals surface area contributed by atoms with Gasteiger partial charge in [-0.05, 0) is 30.7 Å². The highest BCUT2D eigenvalue weighted by Crippen LogP contribution is 2.23. The molecule has 1 heterocycles. The molecule has 0 unspecified atom stereocenters. The summed E-state index contributed by atoms with van der Waals surface area (Å²) in [4.78, 5) is 4.05. The molecule has 1 aromatic carbocycles. The summed E-state index contributed by atoms with van der Waals surface area (Å²) in [6, 6.07) is 5.77. The van der Waals surface area contributed by atoms with E-state index in [0.717, 1.165) is 16.9 Å². The van der Waals surface area contributed by atoms with Crippen molar-refractivity contribution in [2.45, 2.75) is 6.92 Å². The first-order valence-electron chi connectivity index (χ1n) is 4.53. The number of methoxy groups -OCH3 is 1. The van der Waals surface area contributed by atoms with Crippen LogP contribution >= 0.6 is 0 Å². The van der Waals surface area contributed by atoms with Crippen LogP contribution in [0.4, 0.5) is 5.95 Å². The van der Waals surface area contributed by atoms with Gasteiger partial charge in [-0.3, -0.25) is 5.10 Å². The predicted molar refractivity (Wildman–Crippen MR) is 57.5 cm³/mol. The van der Waals surface area contributed by atoms with Crippen molar-refractivity contribution >= 4 is 5.95 Å². The van der Waals surface area contributed by atoms with E-state index in [0.29, 0.717) is 5.82 Å². The fourth-order valence-electron chi connectivity index (χ4n) is 1.43. The third-order valence-corrected chi connectivity index (χ3v) is 2.17. The average molecular weight is 204 g/mol. The van der Waals surface area contributed by atoms with Crippen LogP contribution in [0.3, 0.4) is 0 Å². The van der Waals surface area contributed by atoms with Gasteiger partial charge in [-0.15, -0.1) is 5.10 Å². The van der Waals surface area contributed by atoms with Crippen LogP contribution in [0, 0.1) is 6.92 Å². The van der Waals surface area contributed by atoms with E-state index in [-0.39, 0.29) is 5.95 Å². The highest BCUT2D eigenvalue weighted by Gasteiger charge is 2.05. The van der Waals surface area contributed by atoms with E-state index in [9.17, 15) is 0 Å². The Bertz CT molecular complexity index is 478. The summed E-state index contributed by atoms with van der Waals surface area (Å²) in [5, 5.41) is 6.54. The highest BCUT2D eigenvalue weighted by atomic mass is 16.5. The quantitative estimate of drug-likeness (QED) is 0.774. The molecule has 0 aliphatic heterocycles. The van der Waals surface area contributed by atoms with Gasteiger partial charge in [0, 0.05) is 5.56 Å². The molecule has 0 bridgehead atoms. The van der Waals surface area contributed by atoms with Gasteiger partial charge in [0.15, 0.2) is 5.82 Å². The van der Waals surface area contributed by atoms with E-state index >= 15 is 0 Å². The first-order valence-corrected chi connectivity index (χ1v) is 4.53. The number of ether oxygens (including phenoxy) is 1. The molecule has 78 valence electrons. The number of benzene rings is 1. The lowest BCUT2D eigenvalue weighted by Crippen LogP contribution is -1.89. The average Bonchev–Trinajstić information content (AvgIpc) is 2.65. The van der Waals surface area contributed by atoms with Crippen molar-refractivity contribution in [3.8, 4) is 17.1 Å². The topological polar surface area (TPSA) is 76.8 Å². The lowest BCUT2D eigenvalue weighted by molar-refractivity contribution is 0.412. The molecule has 0 amide bonds. The molecule has 0 aliphatic carbocycles. The fraction of sp³-hybridized carbons (Fsp3) is 0.200. The number of aromatic amines is 1. The Balaban J connectivity index is 2.42. The van der Waals surface area contributed by atoms with Crippen LogP contribution in [0.5, 0.6) is 5.75 Å².